The lowest BCUT2D eigenvalue weighted by atomic mass is 10.3. The SMILES string of the molecule is C[SiH2]O[Si](C)(C)C.Nc1ccc(Oc2ccccc2)cc1.Nc1ccc(Oc2ccccc2)cc1. The number of rotatable bonds is 6. The molecule has 4 N–H and O–H groups in total. The van der Waals surface area contributed by atoms with Crippen molar-refractivity contribution in [2.45, 2.75) is 26.2 Å². The highest BCUT2D eigenvalue weighted by molar-refractivity contribution is 6.73. The van der Waals surface area contributed by atoms with Crippen LogP contribution in [-0.2, 0) is 4.12 Å². The van der Waals surface area contributed by atoms with E-state index in [1.807, 2.05) is 109 Å². The fraction of sp³-hybridized carbons (Fsp3) is 0.143. The van der Waals surface area contributed by atoms with Crippen LogP contribution in [0, 0.1) is 0 Å². The largest absolute Gasteiger partial charge is 0.461 e. The summed E-state index contributed by atoms with van der Waals surface area (Å²) >= 11 is 0. The minimum absolute atomic E-state index is 0.128. The first-order valence-electron chi connectivity index (χ1n) is 11.6. The molecule has 7 heteroatoms. The monoisotopic (exact) mass is 504 g/mol. The lowest BCUT2D eigenvalue weighted by Gasteiger charge is -2.14. The predicted molar refractivity (Wildman–Crippen MR) is 154 cm³/mol. The lowest BCUT2D eigenvalue weighted by Crippen LogP contribution is -2.26. The molecule has 35 heavy (non-hydrogen) atoms. The van der Waals surface area contributed by atoms with Crippen molar-refractivity contribution >= 4 is 29.5 Å². The van der Waals surface area contributed by atoms with Crippen molar-refractivity contribution in [2.75, 3.05) is 11.5 Å². The third-order valence-corrected chi connectivity index (χ3v) is 8.91. The van der Waals surface area contributed by atoms with Crippen LogP contribution in [-0.4, -0.2) is 18.1 Å². The molecule has 0 fully saturated rings. The van der Waals surface area contributed by atoms with Gasteiger partial charge in [0.05, 0.1) is 0 Å². The molecule has 0 radical (unpaired) electrons. The van der Waals surface area contributed by atoms with Crippen LogP contribution in [0.15, 0.2) is 109 Å². The van der Waals surface area contributed by atoms with E-state index in [9.17, 15) is 0 Å². The van der Waals surface area contributed by atoms with Crippen LogP contribution in [0.4, 0.5) is 11.4 Å². The van der Waals surface area contributed by atoms with Gasteiger partial charge in [-0.15, -0.1) is 0 Å². The molecule has 0 unspecified atom stereocenters. The van der Waals surface area contributed by atoms with E-state index in [0.29, 0.717) is 0 Å². The molecule has 4 aromatic rings. The highest BCUT2D eigenvalue weighted by Crippen LogP contribution is 2.22. The third-order valence-electron chi connectivity index (χ3n) is 4.30. The summed E-state index contributed by atoms with van der Waals surface area (Å²) in [7, 11) is -1.22. The van der Waals surface area contributed by atoms with Gasteiger partial charge in [-0.05, 0) is 92.4 Å². The number of anilines is 2. The first kappa shape index (κ1) is 27.7. The molecule has 0 spiro atoms. The van der Waals surface area contributed by atoms with Gasteiger partial charge >= 0.3 is 0 Å². The van der Waals surface area contributed by atoms with Gasteiger partial charge in [0.1, 0.15) is 32.8 Å². The second-order valence-electron chi connectivity index (χ2n) is 8.51. The van der Waals surface area contributed by atoms with Crippen LogP contribution in [0.1, 0.15) is 0 Å². The number of hydrogen-bond acceptors (Lipinski definition) is 5. The Morgan fingerprint density at radius 2 is 0.829 bits per heavy atom. The fourth-order valence-corrected chi connectivity index (χ4v) is 6.22. The molecule has 5 nitrogen and oxygen atoms in total. The summed E-state index contributed by atoms with van der Waals surface area (Å²) in [5, 5.41) is 0. The van der Waals surface area contributed by atoms with Crippen molar-refractivity contribution in [3.05, 3.63) is 109 Å². The summed E-state index contributed by atoms with van der Waals surface area (Å²) in [6.07, 6.45) is 0. The van der Waals surface area contributed by atoms with Crippen LogP contribution in [0.25, 0.3) is 0 Å². The van der Waals surface area contributed by atoms with E-state index in [0.717, 1.165) is 34.4 Å². The van der Waals surface area contributed by atoms with Gasteiger partial charge < -0.3 is 25.1 Å². The molecule has 0 aliphatic heterocycles. The predicted octanol–water partition coefficient (Wildman–Crippen LogP) is 7.09. The highest BCUT2D eigenvalue weighted by atomic mass is 28.4. The molecule has 184 valence electrons. The summed E-state index contributed by atoms with van der Waals surface area (Å²) in [6.45, 7) is 8.86. The van der Waals surface area contributed by atoms with Crippen molar-refractivity contribution in [3.8, 4) is 23.0 Å². The van der Waals surface area contributed by atoms with Gasteiger partial charge in [0.2, 0.25) is 0 Å². The van der Waals surface area contributed by atoms with Crippen LogP contribution in [0.5, 0.6) is 23.0 Å². The molecule has 0 bridgehead atoms. The Morgan fingerprint density at radius 3 is 1.09 bits per heavy atom. The Labute approximate surface area is 212 Å². The van der Waals surface area contributed by atoms with Crippen molar-refractivity contribution in [2.24, 2.45) is 0 Å². The van der Waals surface area contributed by atoms with E-state index in [1.54, 1.807) is 0 Å². The second kappa shape index (κ2) is 14.7. The molecular formula is C28H36N2O3Si2. The second-order valence-corrected chi connectivity index (χ2v) is 14.5. The zero-order valence-corrected chi connectivity index (χ0v) is 23.4. The molecule has 0 atom stereocenters. The highest BCUT2D eigenvalue weighted by Gasteiger charge is 2.10. The number of nitrogen functional groups attached to an aromatic ring is 2. The van der Waals surface area contributed by atoms with Crippen molar-refractivity contribution in [1.29, 1.82) is 0 Å². The smallest absolute Gasteiger partial charge is 0.169 e. The topological polar surface area (TPSA) is 79.7 Å². The molecule has 4 rings (SSSR count). The molecule has 0 aromatic heterocycles. The summed E-state index contributed by atoms with van der Waals surface area (Å²) in [5.74, 6) is 3.25. The van der Waals surface area contributed by atoms with Crippen molar-refractivity contribution in [1.82, 2.24) is 0 Å². The standard InChI is InChI=1S/2C12H11NO.C4H14OSi2/c2*13-10-6-8-12(9-7-10)14-11-4-2-1-3-5-11;1-6-5-7(2,3)4/h2*1-9H,13H2;6H2,1-4H3. The maximum absolute atomic E-state index is 5.58. The van der Waals surface area contributed by atoms with Crippen LogP contribution in [0.2, 0.25) is 26.2 Å². The molecule has 0 aliphatic carbocycles. The minimum atomic E-state index is -1.10. The Bertz CT molecular complexity index is 1000. The van der Waals surface area contributed by atoms with Crippen molar-refractivity contribution < 1.29 is 13.6 Å². The average Bonchev–Trinajstić information content (AvgIpc) is 2.84. The number of nitrogens with two attached hydrogens (primary N) is 2. The van der Waals surface area contributed by atoms with E-state index < -0.39 is 8.32 Å². The maximum atomic E-state index is 5.58. The van der Waals surface area contributed by atoms with E-state index >= 15 is 0 Å². The van der Waals surface area contributed by atoms with Crippen LogP contribution < -0.4 is 20.9 Å². The molecular weight excluding hydrogens is 468 g/mol. The molecule has 0 amide bonds. The zero-order chi connectivity index (χ0) is 25.5. The Kier molecular flexibility index (Phi) is 11.6. The molecule has 4 aromatic carbocycles. The normalized spacial score (nSPS) is 10.5. The summed E-state index contributed by atoms with van der Waals surface area (Å²) in [6, 6.07) is 34.0. The zero-order valence-electron chi connectivity index (χ0n) is 21.0. The van der Waals surface area contributed by atoms with Gasteiger partial charge in [0.15, 0.2) is 8.32 Å². The van der Waals surface area contributed by atoms with Crippen LogP contribution >= 0.6 is 0 Å². The number of para-hydroxylation sites is 2. The average molecular weight is 505 g/mol. The summed E-state index contributed by atoms with van der Waals surface area (Å²) in [5.41, 5.74) is 12.6. The number of hydrogen-bond donors (Lipinski definition) is 2. The van der Waals surface area contributed by atoms with Crippen molar-refractivity contribution in [3.63, 3.8) is 0 Å². The lowest BCUT2D eigenvalue weighted by molar-refractivity contribution is 0.482. The Balaban J connectivity index is 0.000000197. The number of ether oxygens (including phenoxy) is 2. The van der Waals surface area contributed by atoms with Gasteiger partial charge in [-0.1, -0.05) is 42.9 Å². The fourth-order valence-electron chi connectivity index (χ4n) is 2.75. The van der Waals surface area contributed by atoms with Crippen LogP contribution in [0.3, 0.4) is 0 Å². The summed E-state index contributed by atoms with van der Waals surface area (Å²) < 4.78 is 16.7. The van der Waals surface area contributed by atoms with E-state index in [1.165, 1.54) is 0 Å². The van der Waals surface area contributed by atoms with Gasteiger partial charge in [0, 0.05) is 11.4 Å². The minimum Gasteiger partial charge on any atom is -0.461 e. The van der Waals surface area contributed by atoms with Gasteiger partial charge in [-0.25, -0.2) is 0 Å². The maximum Gasteiger partial charge on any atom is 0.169 e. The quantitative estimate of drug-likeness (QED) is 0.216. The number of benzene rings is 4. The molecule has 0 saturated carbocycles. The molecule has 0 heterocycles. The van der Waals surface area contributed by atoms with E-state index in [4.69, 9.17) is 25.1 Å². The van der Waals surface area contributed by atoms with E-state index in [-0.39, 0.29) is 9.76 Å². The van der Waals surface area contributed by atoms with E-state index in [2.05, 4.69) is 26.2 Å². The van der Waals surface area contributed by atoms with Gasteiger partial charge in [-0.2, -0.15) is 0 Å². The Morgan fingerprint density at radius 1 is 0.514 bits per heavy atom. The van der Waals surface area contributed by atoms with Gasteiger partial charge in [0.25, 0.3) is 0 Å². The molecule has 0 aliphatic rings. The Hall–Kier alpha value is -3.53. The first-order valence-corrected chi connectivity index (χ1v) is 17.0. The molecule has 0 saturated heterocycles. The first-order chi connectivity index (χ1) is 16.7. The van der Waals surface area contributed by atoms with Gasteiger partial charge in [-0.3, -0.25) is 0 Å². The summed E-state index contributed by atoms with van der Waals surface area (Å²) in [4.78, 5) is 0. The third kappa shape index (κ3) is 12.5.